The van der Waals surface area contributed by atoms with Crippen LogP contribution < -0.4 is 11.1 Å². The van der Waals surface area contributed by atoms with Gasteiger partial charge in [0.2, 0.25) is 0 Å². The highest BCUT2D eigenvalue weighted by atomic mass is 16.4. The molecule has 1 heterocycles. The molecule has 4 N–H and O–H groups in total. The van der Waals surface area contributed by atoms with Gasteiger partial charge < -0.3 is 16.2 Å². The highest BCUT2D eigenvalue weighted by Gasteiger charge is 2.10. The summed E-state index contributed by atoms with van der Waals surface area (Å²) in [4.78, 5) is 22.5. The molecule has 20 heavy (non-hydrogen) atoms. The Hall–Kier alpha value is -2.90. The van der Waals surface area contributed by atoms with E-state index in [9.17, 15) is 9.59 Å². The van der Waals surface area contributed by atoms with Crippen LogP contribution in [0.15, 0.2) is 30.5 Å². The number of rotatable bonds is 5. The van der Waals surface area contributed by atoms with Gasteiger partial charge in [-0.3, -0.25) is 4.79 Å². The van der Waals surface area contributed by atoms with Crippen molar-refractivity contribution in [3.05, 3.63) is 41.7 Å². The summed E-state index contributed by atoms with van der Waals surface area (Å²) in [5.41, 5.74) is 6.35. The van der Waals surface area contributed by atoms with E-state index in [1.54, 1.807) is 24.3 Å². The number of hydrogen-bond acceptors (Lipinski definition) is 5. The summed E-state index contributed by atoms with van der Waals surface area (Å²) >= 11 is 0. The van der Waals surface area contributed by atoms with E-state index in [-0.39, 0.29) is 18.1 Å². The maximum absolute atomic E-state index is 11.8. The van der Waals surface area contributed by atoms with Gasteiger partial charge in [0, 0.05) is 12.2 Å². The lowest BCUT2D eigenvalue weighted by Crippen LogP contribution is -2.28. The molecule has 0 saturated carbocycles. The van der Waals surface area contributed by atoms with Crippen molar-refractivity contribution in [1.82, 2.24) is 20.3 Å². The Morgan fingerprint density at radius 2 is 2.10 bits per heavy atom. The van der Waals surface area contributed by atoms with Gasteiger partial charge in [-0.05, 0) is 12.1 Å². The van der Waals surface area contributed by atoms with Crippen molar-refractivity contribution in [3.8, 4) is 0 Å². The first kappa shape index (κ1) is 13.5. The Balaban J connectivity index is 1.88. The van der Waals surface area contributed by atoms with E-state index >= 15 is 0 Å². The molecule has 0 bridgehead atoms. The third-order valence-corrected chi connectivity index (χ3v) is 2.59. The second kappa shape index (κ2) is 5.83. The number of amides is 1. The maximum Gasteiger partial charge on any atom is 0.358 e. The van der Waals surface area contributed by atoms with Gasteiger partial charge in [-0.25, -0.2) is 9.48 Å². The van der Waals surface area contributed by atoms with Crippen molar-refractivity contribution < 1.29 is 14.7 Å². The molecule has 0 atom stereocenters. The summed E-state index contributed by atoms with van der Waals surface area (Å²) in [6.07, 6.45) is 1.30. The number of carboxylic acid groups (broad SMARTS) is 1. The van der Waals surface area contributed by atoms with Gasteiger partial charge in [-0.2, -0.15) is 0 Å². The number of nitrogen functional groups attached to an aromatic ring is 1. The van der Waals surface area contributed by atoms with Gasteiger partial charge in [0.1, 0.15) is 0 Å². The molecule has 0 unspecified atom stereocenters. The zero-order chi connectivity index (χ0) is 14.5. The SMILES string of the molecule is Nc1ccccc1C(=O)NCCn1cc(C(=O)O)nn1. The van der Waals surface area contributed by atoms with Gasteiger partial charge in [-0.15, -0.1) is 5.10 Å². The second-order valence-corrected chi connectivity index (χ2v) is 4.02. The number of para-hydroxylation sites is 1. The summed E-state index contributed by atoms with van der Waals surface area (Å²) in [7, 11) is 0. The fraction of sp³-hybridized carbons (Fsp3) is 0.167. The minimum atomic E-state index is -1.14. The van der Waals surface area contributed by atoms with Crippen LogP contribution in [0, 0.1) is 0 Å². The molecule has 104 valence electrons. The van der Waals surface area contributed by atoms with Gasteiger partial charge >= 0.3 is 5.97 Å². The number of nitrogens with one attached hydrogen (secondary N) is 1. The minimum absolute atomic E-state index is 0.136. The highest BCUT2D eigenvalue weighted by Crippen LogP contribution is 2.09. The molecule has 0 aliphatic rings. The number of anilines is 1. The number of carbonyl (C=O) groups is 2. The van der Waals surface area contributed by atoms with Crippen molar-refractivity contribution >= 4 is 17.6 Å². The summed E-state index contributed by atoms with van der Waals surface area (Å²) in [5, 5.41) is 18.5. The van der Waals surface area contributed by atoms with E-state index in [1.165, 1.54) is 10.9 Å². The fourth-order valence-electron chi connectivity index (χ4n) is 1.59. The predicted octanol–water partition coefficient (Wildman–Crippen LogP) is -0.0115. The van der Waals surface area contributed by atoms with Crippen LogP contribution in [0.4, 0.5) is 5.69 Å². The number of benzene rings is 1. The maximum atomic E-state index is 11.8. The Morgan fingerprint density at radius 1 is 1.35 bits per heavy atom. The van der Waals surface area contributed by atoms with E-state index in [1.807, 2.05) is 0 Å². The molecular weight excluding hydrogens is 262 g/mol. The Labute approximate surface area is 114 Å². The van der Waals surface area contributed by atoms with Crippen molar-refractivity contribution in [2.75, 3.05) is 12.3 Å². The molecule has 1 amide bonds. The average Bonchev–Trinajstić information content (AvgIpc) is 2.88. The molecule has 0 saturated heterocycles. The van der Waals surface area contributed by atoms with Crippen LogP contribution in [0.5, 0.6) is 0 Å². The number of hydrogen-bond donors (Lipinski definition) is 3. The molecule has 2 aromatic rings. The summed E-state index contributed by atoms with van der Waals surface area (Å²) in [5.74, 6) is -1.43. The number of aromatic carboxylic acids is 1. The van der Waals surface area contributed by atoms with E-state index in [0.717, 1.165) is 0 Å². The lowest BCUT2D eigenvalue weighted by atomic mass is 10.2. The van der Waals surface area contributed by atoms with Crippen LogP contribution in [0.25, 0.3) is 0 Å². The zero-order valence-corrected chi connectivity index (χ0v) is 10.5. The Morgan fingerprint density at radius 3 is 2.75 bits per heavy atom. The largest absolute Gasteiger partial charge is 0.476 e. The number of aromatic nitrogens is 3. The number of carbonyl (C=O) groups excluding carboxylic acids is 1. The van der Waals surface area contributed by atoms with Gasteiger partial charge in [0.05, 0.1) is 18.3 Å². The lowest BCUT2D eigenvalue weighted by molar-refractivity contribution is 0.0690. The minimum Gasteiger partial charge on any atom is -0.476 e. The summed E-state index contributed by atoms with van der Waals surface area (Å²) < 4.78 is 1.35. The van der Waals surface area contributed by atoms with Crippen LogP contribution >= 0.6 is 0 Å². The van der Waals surface area contributed by atoms with Crippen molar-refractivity contribution in [2.24, 2.45) is 0 Å². The van der Waals surface area contributed by atoms with E-state index < -0.39 is 5.97 Å². The van der Waals surface area contributed by atoms with Gasteiger partial charge in [-0.1, -0.05) is 17.3 Å². The van der Waals surface area contributed by atoms with Gasteiger partial charge in [0.25, 0.3) is 5.91 Å². The first-order valence-corrected chi connectivity index (χ1v) is 5.84. The molecule has 0 fully saturated rings. The monoisotopic (exact) mass is 275 g/mol. The number of nitrogens with two attached hydrogens (primary N) is 1. The van der Waals surface area contributed by atoms with Crippen molar-refractivity contribution in [1.29, 1.82) is 0 Å². The quantitative estimate of drug-likeness (QED) is 0.659. The highest BCUT2D eigenvalue weighted by molar-refractivity contribution is 5.99. The molecule has 0 aliphatic heterocycles. The van der Waals surface area contributed by atoms with Crippen LogP contribution in [-0.4, -0.2) is 38.5 Å². The molecule has 8 nitrogen and oxygen atoms in total. The predicted molar refractivity (Wildman–Crippen MR) is 70.2 cm³/mol. The average molecular weight is 275 g/mol. The summed E-state index contributed by atoms with van der Waals surface area (Å²) in [6, 6.07) is 6.74. The normalized spacial score (nSPS) is 10.2. The molecule has 2 rings (SSSR count). The molecule has 0 spiro atoms. The van der Waals surface area contributed by atoms with E-state index in [4.69, 9.17) is 10.8 Å². The molecule has 0 radical (unpaired) electrons. The van der Waals surface area contributed by atoms with E-state index in [0.29, 0.717) is 17.8 Å². The molecular formula is C12H13N5O3. The van der Waals surface area contributed by atoms with Crippen LogP contribution in [0.2, 0.25) is 0 Å². The molecule has 1 aromatic heterocycles. The van der Waals surface area contributed by atoms with Crippen LogP contribution in [-0.2, 0) is 6.54 Å². The number of nitrogens with zero attached hydrogens (tertiary/aromatic N) is 3. The molecule has 0 aliphatic carbocycles. The third-order valence-electron chi connectivity index (χ3n) is 2.59. The van der Waals surface area contributed by atoms with Crippen molar-refractivity contribution in [2.45, 2.75) is 6.54 Å². The fourth-order valence-corrected chi connectivity index (χ4v) is 1.59. The van der Waals surface area contributed by atoms with Crippen molar-refractivity contribution in [3.63, 3.8) is 0 Å². The second-order valence-electron chi connectivity index (χ2n) is 4.02. The molecule has 8 heteroatoms. The Bertz CT molecular complexity index is 638. The van der Waals surface area contributed by atoms with E-state index in [2.05, 4.69) is 15.6 Å². The Kier molecular flexibility index (Phi) is 3.94. The third kappa shape index (κ3) is 3.10. The topological polar surface area (TPSA) is 123 Å². The lowest BCUT2D eigenvalue weighted by Gasteiger charge is -2.06. The number of carboxylic acids is 1. The first-order chi connectivity index (χ1) is 9.58. The standard InChI is InChI=1S/C12H13N5O3/c13-9-4-2-1-3-8(9)11(18)14-5-6-17-7-10(12(19)20)15-16-17/h1-4,7H,5-6,13H2,(H,14,18)(H,19,20). The van der Waals surface area contributed by atoms with Crippen LogP contribution in [0.1, 0.15) is 20.8 Å². The van der Waals surface area contributed by atoms with Crippen LogP contribution in [0.3, 0.4) is 0 Å². The zero-order valence-electron chi connectivity index (χ0n) is 10.5. The smallest absolute Gasteiger partial charge is 0.358 e. The van der Waals surface area contributed by atoms with Gasteiger partial charge in [0.15, 0.2) is 5.69 Å². The molecule has 1 aromatic carbocycles. The summed E-state index contributed by atoms with van der Waals surface area (Å²) in [6.45, 7) is 0.606. The first-order valence-electron chi connectivity index (χ1n) is 5.84.